The Hall–Kier alpha value is -4.24. The fourth-order valence-electron chi connectivity index (χ4n) is 6.16. The molecule has 1 atom stereocenters. The number of anilines is 1. The van der Waals surface area contributed by atoms with Crippen molar-refractivity contribution in [1.82, 2.24) is 35.4 Å². The van der Waals surface area contributed by atoms with E-state index in [0.29, 0.717) is 61.1 Å². The summed E-state index contributed by atoms with van der Waals surface area (Å²) in [5.41, 5.74) is 1.45. The number of pyridine rings is 1. The summed E-state index contributed by atoms with van der Waals surface area (Å²) in [6.45, 7) is 3.93. The molecule has 2 aliphatic heterocycles. The van der Waals surface area contributed by atoms with Crippen molar-refractivity contribution in [2.75, 3.05) is 51.0 Å². The molecule has 0 bridgehead atoms. The lowest BCUT2D eigenvalue weighted by molar-refractivity contribution is -0.0798. The van der Waals surface area contributed by atoms with E-state index < -0.39 is 29.9 Å². The SMILES string of the molecule is Cc1cc(-c2ncc3c(N4CCC[C@@](C)(NC(=O)OCCO)C4)nc(OCN4CCCC(F)(F)C4)nc3c2F)c2cn[nH]c2c1. The number of aliphatic hydroxyl groups excluding tert-OH is 1. The highest BCUT2D eigenvalue weighted by atomic mass is 19.3. The van der Waals surface area contributed by atoms with Gasteiger partial charge in [0.05, 0.1) is 35.8 Å². The number of rotatable bonds is 8. The Kier molecular flexibility index (Phi) is 8.39. The average Bonchev–Trinajstić information content (AvgIpc) is 3.46. The molecule has 5 heterocycles. The minimum atomic E-state index is -2.82. The average molecular weight is 629 g/mol. The fraction of sp³-hybridized carbons (Fsp3) is 0.500. The minimum Gasteiger partial charge on any atom is -0.447 e. The number of H-pyrrole nitrogens is 1. The van der Waals surface area contributed by atoms with Crippen LogP contribution in [0.3, 0.4) is 0 Å². The van der Waals surface area contributed by atoms with Gasteiger partial charge < -0.3 is 24.8 Å². The molecule has 1 aromatic carbocycles. The normalized spacial score (nSPS) is 20.4. The number of piperidine rings is 2. The number of aryl methyl sites for hydroxylation is 1. The molecule has 0 radical (unpaired) electrons. The monoisotopic (exact) mass is 628 g/mol. The standard InChI is InChI=1S/C30H35F3N8O4/c1-18-11-19(20-14-35-39-22(20)12-18)24-23(31)25-21(13-34-24)26(37-27(36-25)45-17-40-7-4-6-30(32,33)16-40)41-8-3-5-29(2,15-41)38-28(43)44-10-9-42/h11-14,42H,3-10,15-17H2,1-2H3,(H,35,39)(H,38,43)/t29-/m1/s1. The number of aliphatic hydroxyl groups is 1. The van der Waals surface area contributed by atoms with Gasteiger partial charge in [-0.2, -0.15) is 15.1 Å². The number of ether oxygens (including phenoxy) is 2. The zero-order valence-electron chi connectivity index (χ0n) is 25.1. The molecule has 0 spiro atoms. The number of halogens is 3. The van der Waals surface area contributed by atoms with E-state index in [9.17, 15) is 13.6 Å². The van der Waals surface area contributed by atoms with Crippen LogP contribution in [-0.2, 0) is 4.74 Å². The first kappa shape index (κ1) is 30.8. The Morgan fingerprint density at radius 3 is 2.76 bits per heavy atom. The van der Waals surface area contributed by atoms with Gasteiger partial charge >= 0.3 is 12.1 Å². The van der Waals surface area contributed by atoms with Crippen LogP contribution in [0.25, 0.3) is 33.1 Å². The maximum Gasteiger partial charge on any atom is 0.407 e. The largest absolute Gasteiger partial charge is 0.447 e. The lowest BCUT2D eigenvalue weighted by atomic mass is 9.91. The summed E-state index contributed by atoms with van der Waals surface area (Å²) in [5.74, 6) is -3.17. The van der Waals surface area contributed by atoms with E-state index in [-0.39, 0.29) is 43.6 Å². The molecule has 45 heavy (non-hydrogen) atoms. The fourth-order valence-corrected chi connectivity index (χ4v) is 6.16. The molecule has 2 saturated heterocycles. The Morgan fingerprint density at radius 1 is 1.13 bits per heavy atom. The van der Waals surface area contributed by atoms with Crippen LogP contribution < -0.4 is 15.0 Å². The summed E-state index contributed by atoms with van der Waals surface area (Å²) >= 11 is 0. The van der Waals surface area contributed by atoms with Crippen LogP contribution in [0.4, 0.5) is 23.8 Å². The highest BCUT2D eigenvalue weighted by Crippen LogP contribution is 2.36. The Balaban J connectivity index is 1.39. The first-order chi connectivity index (χ1) is 21.5. The number of alkyl halides is 2. The summed E-state index contributed by atoms with van der Waals surface area (Å²) in [5, 5.41) is 19.9. The van der Waals surface area contributed by atoms with Gasteiger partial charge in [0.25, 0.3) is 5.92 Å². The Bertz CT molecular complexity index is 1720. The van der Waals surface area contributed by atoms with Gasteiger partial charge in [-0.3, -0.25) is 15.0 Å². The number of fused-ring (bicyclic) bond motifs is 2. The van der Waals surface area contributed by atoms with Gasteiger partial charge in [-0.05, 0) is 50.8 Å². The number of amides is 1. The molecule has 0 aliphatic carbocycles. The van der Waals surface area contributed by atoms with Crippen molar-refractivity contribution >= 4 is 33.7 Å². The molecule has 0 unspecified atom stereocenters. The van der Waals surface area contributed by atoms with Crippen molar-refractivity contribution in [3.63, 3.8) is 0 Å². The second kappa shape index (κ2) is 12.3. The van der Waals surface area contributed by atoms with Crippen LogP contribution in [0.5, 0.6) is 6.01 Å². The second-order valence-corrected chi connectivity index (χ2v) is 12.0. The topological polar surface area (TPSA) is 142 Å². The highest BCUT2D eigenvalue weighted by molar-refractivity contribution is 5.98. The zero-order chi connectivity index (χ0) is 31.8. The number of hydrogen-bond acceptors (Lipinski definition) is 10. The van der Waals surface area contributed by atoms with Gasteiger partial charge in [-0.15, -0.1) is 0 Å². The highest BCUT2D eigenvalue weighted by Gasteiger charge is 2.37. The third-order valence-corrected chi connectivity index (χ3v) is 8.17. The van der Waals surface area contributed by atoms with Crippen molar-refractivity contribution in [3.8, 4) is 17.3 Å². The first-order valence-electron chi connectivity index (χ1n) is 14.9. The molecule has 240 valence electrons. The van der Waals surface area contributed by atoms with Gasteiger partial charge in [0.15, 0.2) is 5.82 Å². The molecule has 12 nitrogen and oxygen atoms in total. The van der Waals surface area contributed by atoms with E-state index in [1.807, 2.05) is 30.9 Å². The molecule has 4 aromatic rings. The molecular weight excluding hydrogens is 593 g/mol. The summed E-state index contributed by atoms with van der Waals surface area (Å²) in [6.07, 6.45) is 3.90. The Labute approximate surface area is 256 Å². The van der Waals surface area contributed by atoms with E-state index >= 15 is 4.39 Å². The third-order valence-electron chi connectivity index (χ3n) is 8.17. The van der Waals surface area contributed by atoms with Gasteiger partial charge in [-0.1, -0.05) is 0 Å². The van der Waals surface area contributed by atoms with E-state index in [0.717, 1.165) is 11.1 Å². The van der Waals surface area contributed by atoms with Crippen LogP contribution in [0, 0.1) is 12.7 Å². The molecule has 2 fully saturated rings. The molecule has 3 N–H and O–H groups in total. The lowest BCUT2D eigenvalue weighted by Crippen LogP contribution is -2.57. The number of aromatic amines is 1. The summed E-state index contributed by atoms with van der Waals surface area (Å²) in [4.78, 5) is 29.3. The molecule has 6 rings (SSSR count). The van der Waals surface area contributed by atoms with Crippen molar-refractivity contribution in [3.05, 3.63) is 35.9 Å². The minimum absolute atomic E-state index is 0.0373. The lowest BCUT2D eigenvalue weighted by Gasteiger charge is -2.41. The first-order valence-corrected chi connectivity index (χ1v) is 14.9. The van der Waals surface area contributed by atoms with Crippen molar-refractivity contribution in [1.29, 1.82) is 0 Å². The van der Waals surface area contributed by atoms with Gasteiger partial charge in [0.2, 0.25) is 0 Å². The maximum atomic E-state index is 16.5. The van der Waals surface area contributed by atoms with Crippen molar-refractivity contribution in [2.45, 2.75) is 51.0 Å². The molecule has 15 heteroatoms. The van der Waals surface area contributed by atoms with Crippen LogP contribution in [0.15, 0.2) is 24.5 Å². The summed E-state index contributed by atoms with van der Waals surface area (Å²) in [6, 6.07) is 3.56. The van der Waals surface area contributed by atoms with Gasteiger partial charge in [0.1, 0.15) is 30.4 Å². The van der Waals surface area contributed by atoms with Crippen LogP contribution in [-0.4, -0.2) is 98.8 Å². The predicted molar refractivity (Wildman–Crippen MR) is 160 cm³/mol. The number of carbonyl (C=O) groups excluding carboxylic acids is 1. The maximum absolute atomic E-state index is 16.5. The number of hydrogen-bond donors (Lipinski definition) is 3. The molecule has 3 aromatic heterocycles. The molecule has 0 saturated carbocycles. The number of nitrogens with one attached hydrogen (secondary N) is 2. The van der Waals surface area contributed by atoms with Crippen molar-refractivity contribution < 1.29 is 32.5 Å². The van der Waals surface area contributed by atoms with Crippen LogP contribution >= 0.6 is 0 Å². The van der Waals surface area contributed by atoms with Crippen LogP contribution in [0.1, 0.15) is 38.2 Å². The summed E-state index contributed by atoms with van der Waals surface area (Å²) < 4.78 is 55.5. The van der Waals surface area contributed by atoms with Gasteiger partial charge in [-0.25, -0.2) is 18.0 Å². The number of carbonyl (C=O) groups is 1. The smallest absolute Gasteiger partial charge is 0.407 e. The quantitative estimate of drug-likeness (QED) is 0.261. The number of nitrogens with zero attached hydrogens (tertiary/aromatic N) is 6. The molecule has 2 aliphatic rings. The van der Waals surface area contributed by atoms with Crippen LogP contribution in [0.2, 0.25) is 0 Å². The molecule has 1 amide bonds. The third kappa shape index (κ3) is 6.59. The predicted octanol–water partition coefficient (Wildman–Crippen LogP) is 4.16. The number of benzene rings is 1. The van der Waals surface area contributed by atoms with E-state index in [4.69, 9.17) is 14.6 Å². The van der Waals surface area contributed by atoms with Gasteiger partial charge in [0, 0.05) is 43.2 Å². The number of alkyl carbamates (subject to hydrolysis) is 1. The zero-order valence-corrected chi connectivity index (χ0v) is 25.1. The van der Waals surface area contributed by atoms with E-state index in [1.54, 1.807) is 6.20 Å². The second-order valence-electron chi connectivity index (χ2n) is 12.0. The number of likely N-dealkylation sites (tertiary alicyclic amines) is 1. The van der Waals surface area contributed by atoms with Crippen molar-refractivity contribution in [2.24, 2.45) is 0 Å². The summed E-state index contributed by atoms with van der Waals surface area (Å²) in [7, 11) is 0. The number of aromatic nitrogens is 5. The van der Waals surface area contributed by atoms with E-state index in [1.165, 1.54) is 11.1 Å². The van der Waals surface area contributed by atoms with E-state index in [2.05, 4.69) is 30.5 Å². The molecular formula is C30H35F3N8O4. The Morgan fingerprint density at radius 2 is 1.96 bits per heavy atom.